The maximum Gasteiger partial charge on any atom is 0.227 e. The van der Waals surface area contributed by atoms with E-state index in [9.17, 15) is 4.79 Å². The number of hydrogen-bond acceptors (Lipinski definition) is 3. The van der Waals surface area contributed by atoms with Gasteiger partial charge in [-0.15, -0.1) is 12.4 Å². The number of ether oxygens (including phenoxy) is 1. The van der Waals surface area contributed by atoms with Gasteiger partial charge in [0, 0.05) is 19.0 Å². The van der Waals surface area contributed by atoms with Gasteiger partial charge in [-0.1, -0.05) is 42.5 Å². The molecule has 5 heteroatoms. The molecular weight excluding hydrogens is 336 g/mol. The maximum absolute atomic E-state index is 12.7. The zero-order chi connectivity index (χ0) is 16.9. The first kappa shape index (κ1) is 19.3. The van der Waals surface area contributed by atoms with Crippen LogP contribution in [0, 0.1) is 5.92 Å². The molecule has 1 heterocycles. The number of carbonyl (C=O) groups excluding carboxylic acids is 1. The second-order valence-corrected chi connectivity index (χ2v) is 6.34. The van der Waals surface area contributed by atoms with Crippen molar-refractivity contribution in [2.24, 2.45) is 11.7 Å². The van der Waals surface area contributed by atoms with E-state index in [1.165, 1.54) is 5.56 Å². The van der Waals surface area contributed by atoms with Gasteiger partial charge in [-0.25, -0.2) is 0 Å². The fourth-order valence-corrected chi connectivity index (χ4v) is 3.42. The van der Waals surface area contributed by atoms with Gasteiger partial charge in [-0.3, -0.25) is 4.79 Å². The first-order valence-electron chi connectivity index (χ1n) is 8.37. The van der Waals surface area contributed by atoms with Crippen LogP contribution in [0.4, 0.5) is 0 Å². The van der Waals surface area contributed by atoms with Crippen molar-refractivity contribution >= 4 is 18.3 Å². The molecule has 1 aliphatic heterocycles. The van der Waals surface area contributed by atoms with Crippen molar-refractivity contribution < 1.29 is 9.53 Å². The van der Waals surface area contributed by atoms with E-state index in [0.717, 1.165) is 24.4 Å². The molecule has 0 saturated carbocycles. The summed E-state index contributed by atoms with van der Waals surface area (Å²) in [5, 5.41) is 0. The van der Waals surface area contributed by atoms with Gasteiger partial charge in [-0.05, 0) is 35.7 Å². The van der Waals surface area contributed by atoms with Gasteiger partial charge >= 0.3 is 0 Å². The number of nitrogens with zero attached hydrogens (tertiary/aromatic N) is 1. The number of likely N-dealkylation sites (tertiary alicyclic amines) is 1. The Labute approximate surface area is 155 Å². The second-order valence-electron chi connectivity index (χ2n) is 6.34. The Morgan fingerprint density at radius 2 is 1.80 bits per heavy atom. The van der Waals surface area contributed by atoms with Gasteiger partial charge in [0.25, 0.3) is 0 Å². The Bertz CT molecular complexity index is 676. The summed E-state index contributed by atoms with van der Waals surface area (Å²) in [5.41, 5.74) is 8.24. The lowest BCUT2D eigenvalue weighted by Crippen LogP contribution is -2.31. The number of benzene rings is 2. The van der Waals surface area contributed by atoms with Gasteiger partial charge in [-0.2, -0.15) is 0 Å². The summed E-state index contributed by atoms with van der Waals surface area (Å²) in [6.07, 6.45) is 0.419. The van der Waals surface area contributed by atoms with Crippen LogP contribution in [0.5, 0.6) is 5.75 Å². The molecule has 0 spiro atoms. The van der Waals surface area contributed by atoms with Gasteiger partial charge in [0.05, 0.1) is 13.5 Å². The minimum atomic E-state index is 0. The molecule has 134 valence electrons. The number of nitrogens with two attached hydrogens (primary N) is 1. The summed E-state index contributed by atoms with van der Waals surface area (Å²) < 4.78 is 5.16. The van der Waals surface area contributed by atoms with Crippen LogP contribution >= 0.6 is 12.4 Å². The van der Waals surface area contributed by atoms with Crippen molar-refractivity contribution in [2.45, 2.75) is 12.3 Å². The fraction of sp³-hybridized carbons (Fsp3) is 0.350. The van der Waals surface area contributed by atoms with Crippen LogP contribution in [0.1, 0.15) is 17.0 Å². The third-order valence-corrected chi connectivity index (χ3v) is 4.84. The number of amides is 1. The highest BCUT2D eigenvalue weighted by Gasteiger charge is 2.34. The minimum Gasteiger partial charge on any atom is -0.497 e. The van der Waals surface area contributed by atoms with Crippen molar-refractivity contribution in [1.29, 1.82) is 0 Å². The Morgan fingerprint density at radius 1 is 1.12 bits per heavy atom. The van der Waals surface area contributed by atoms with E-state index >= 15 is 0 Å². The molecule has 0 aliphatic carbocycles. The van der Waals surface area contributed by atoms with Crippen LogP contribution in [-0.4, -0.2) is 37.6 Å². The minimum absolute atomic E-state index is 0. The number of rotatable bonds is 5. The van der Waals surface area contributed by atoms with E-state index in [-0.39, 0.29) is 18.3 Å². The zero-order valence-corrected chi connectivity index (χ0v) is 15.2. The number of methoxy groups -OCH3 is 1. The van der Waals surface area contributed by atoms with E-state index in [0.29, 0.717) is 24.8 Å². The SMILES string of the molecule is COc1ccc(CC(=O)N2C[C@@H](CN)[C@H](c3ccccc3)C2)cc1.Cl. The molecule has 25 heavy (non-hydrogen) atoms. The highest BCUT2D eigenvalue weighted by atomic mass is 35.5. The average molecular weight is 361 g/mol. The molecule has 2 N–H and O–H groups in total. The van der Waals surface area contributed by atoms with E-state index in [2.05, 4.69) is 12.1 Å². The Kier molecular flexibility index (Phi) is 6.85. The lowest BCUT2D eigenvalue weighted by Gasteiger charge is -2.17. The molecule has 2 aromatic carbocycles. The molecule has 1 saturated heterocycles. The largest absolute Gasteiger partial charge is 0.497 e. The number of halogens is 1. The molecular formula is C20H25ClN2O2. The van der Waals surface area contributed by atoms with Crippen LogP contribution in [0.25, 0.3) is 0 Å². The van der Waals surface area contributed by atoms with Crippen LogP contribution in [0.15, 0.2) is 54.6 Å². The Hall–Kier alpha value is -2.04. The molecule has 2 atom stereocenters. The monoisotopic (exact) mass is 360 g/mol. The van der Waals surface area contributed by atoms with Crippen molar-refractivity contribution in [1.82, 2.24) is 4.90 Å². The summed E-state index contributed by atoms with van der Waals surface area (Å²) >= 11 is 0. The molecule has 3 rings (SSSR count). The molecule has 0 aromatic heterocycles. The van der Waals surface area contributed by atoms with E-state index in [1.54, 1.807) is 7.11 Å². The molecule has 0 bridgehead atoms. The zero-order valence-electron chi connectivity index (χ0n) is 14.4. The van der Waals surface area contributed by atoms with Crippen LogP contribution < -0.4 is 10.5 Å². The normalized spacial score (nSPS) is 19.4. The lowest BCUT2D eigenvalue weighted by atomic mass is 9.89. The first-order chi connectivity index (χ1) is 11.7. The van der Waals surface area contributed by atoms with Gasteiger partial charge in [0.2, 0.25) is 5.91 Å². The highest BCUT2D eigenvalue weighted by Crippen LogP contribution is 2.32. The third-order valence-electron chi connectivity index (χ3n) is 4.84. The summed E-state index contributed by atoms with van der Waals surface area (Å²) in [6.45, 7) is 2.10. The van der Waals surface area contributed by atoms with E-state index in [4.69, 9.17) is 10.5 Å². The van der Waals surface area contributed by atoms with Crippen LogP contribution in [0.2, 0.25) is 0 Å². The smallest absolute Gasteiger partial charge is 0.227 e. The average Bonchev–Trinajstić information content (AvgIpc) is 3.08. The lowest BCUT2D eigenvalue weighted by molar-refractivity contribution is -0.129. The van der Waals surface area contributed by atoms with E-state index in [1.807, 2.05) is 47.4 Å². The maximum atomic E-state index is 12.7. The molecule has 1 amide bonds. The summed E-state index contributed by atoms with van der Waals surface area (Å²) in [4.78, 5) is 14.6. The topological polar surface area (TPSA) is 55.6 Å². The quantitative estimate of drug-likeness (QED) is 0.892. The molecule has 0 unspecified atom stereocenters. The van der Waals surface area contributed by atoms with E-state index < -0.39 is 0 Å². The van der Waals surface area contributed by atoms with Crippen LogP contribution in [-0.2, 0) is 11.2 Å². The van der Waals surface area contributed by atoms with Crippen molar-refractivity contribution in [3.8, 4) is 5.75 Å². The second kappa shape index (κ2) is 8.88. The first-order valence-corrected chi connectivity index (χ1v) is 8.37. The van der Waals surface area contributed by atoms with Gasteiger partial charge in [0.1, 0.15) is 5.75 Å². The van der Waals surface area contributed by atoms with Crippen molar-refractivity contribution in [3.05, 3.63) is 65.7 Å². The van der Waals surface area contributed by atoms with Crippen molar-refractivity contribution in [3.63, 3.8) is 0 Å². The molecule has 4 nitrogen and oxygen atoms in total. The van der Waals surface area contributed by atoms with Crippen molar-refractivity contribution in [2.75, 3.05) is 26.7 Å². The highest BCUT2D eigenvalue weighted by molar-refractivity contribution is 5.85. The summed E-state index contributed by atoms with van der Waals surface area (Å²) in [5.74, 6) is 1.62. The van der Waals surface area contributed by atoms with Gasteiger partial charge in [0.15, 0.2) is 0 Å². The van der Waals surface area contributed by atoms with Gasteiger partial charge < -0.3 is 15.4 Å². The Balaban J connectivity index is 0.00000225. The number of hydrogen-bond donors (Lipinski definition) is 1. The predicted octanol–water partition coefficient (Wildman–Crippen LogP) is 2.86. The Morgan fingerprint density at radius 3 is 2.40 bits per heavy atom. The third kappa shape index (κ3) is 4.53. The van der Waals surface area contributed by atoms with Crippen LogP contribution in [0.3, 0.4) is 0 Å². The molecule has 1 fully saturated rings. The standard InChI is InChI=1S/C20H24N2O2.ClH/c1-24-18-9-7-15(8-10-18)11-20(23)22-13-17(12-21)19(14-22)16-5-3-2-4-6-16;/h2-10,17,19H,11-14,21H2,1H3;1H/t17-,19+;/m1./s1. The molecule has 1 aliphatic rings. The predicted molar refractivity (Wildman–Crippen MR) is 102 cm³/mol. The molecule has 2 aromatic rings. The molecule has 0 radical (unpaired) electrons. The summed E-state index contributed by atoms with van der Waals surface area (Å²) in [6, 6.07) is 18.0. The fourth-order valence-electron chi connectivity index (χ4n) is 3.42. The number of carbonyl (C=O) groups is 1. The summed E-state index contributed by atoms with van der Waals surface area (Å²) in [7, 11) is 1.64.